The first-order valence-corrected chi connectivity index (χ1v) is 7.31. The Morgan fingerprint density at radius 3 is 2.57 bits per heavy atom. The number of carbonyl (C=O) groups excluding carboxylic acids is 1. The van der Waals surface area contributed by atoms with Crippen molar-refractivity contribution in [2.75, 3.05) is 0 Å². The van der Waals surface area contributed by atoms with Crippen LogP contribution >= 0.6 is 23.2 Å². The summed E-state index contributed by atoms with van der Waals surface area (Å²) in [7, 11) is 1.71. The van der Waals surface area contributed by atoms with Crippen LogP contribution in [0.5, 0.6) is 0 Å². The fourth-order valence-electron chi connectivity index (χ4n) is 1.79. The van der Waals surface area contributed by atoms with E-state index in [0.717, 1.165) is 0 Å². The highest BCUT2D eigenvalue weighted by Gasteiger charge is 2.09. The average Bonchev–Trinajstić information content (AvgIpc) is 2.76. The van der Waals surface area contributed by atoms with Crippen molar-refractivity contribution in [2.24, 2.45) is 17.9 Å². The Balaban J connectivity index is 2.03. The number of rotatable bonds is 4. The minimum atomic E-state index is -0.679. The molecule has 1 aromatic carbocycles. The number of nitrogens with zero attached hydrogens (tertiary/aromatic N) is 3. The summed E-state index contributed by atoms with van der Waals surface area (Å²) in [6.07, 6.45) is 2.72. The van der Waals surface area contributed by atoms with Crippen molar-refractivity contribution in [3.8, 4) is 0 Å². The number of hydrogen-bond donors (Lipinski definition) is 1. The number of hydrogen-bond acceptors (Lipinski definition) is 4. The Morgan fingerprint density at radius 1 is 1.35 bits per heavy atom. The molecule has 120 valence electrons. The van der Waals surface area contributed by atoms with E-state index in [1.807, 2.05) is 0 Å². The molecule has 0 spiro atoms. The van der Waals surface area contributed by atoms with Crippen LogP contribution in [0, 0.1) is 6.92 Å². The van der Waals surface area contributed by atoms with Crippen LogP contribution in [0.4, 0.5) is 0 Å². The minimum Gasteiger partial charge on any atom is -0.380 e. The van der Waals surface area contributed by atoms with Crippen LogP contribution in [-0.4, -0.2) is 21.6 Å². The van der Waals surface area contributed by atoms with Gasteiger partial charge in [-0.3, -0.25) is 4.68 Å². The van der Waals surface area contributed by atoms with E-state index in [1.54, 1.807) is 38.2 Å². The molecule has 0 aliphatic rings. The second-order valence-corrected chi connectivity index (χ2v) is 5.44. The van der Waals surface area contributed by atoms with E-state index in [2.05, 4.69) is 10.3 Å². The van der Waals surface area contributed by atoms with Crippen LogP contribution in [-0.2, 0) is 16.7 Å². The van der Waals surface area contributed by atoms with E-state index in [4.69, 9.17) is 33.8 Å². The predicted octanol–water partition coefficient (Wildman–Crippen LogP) is 2.91. The van der Waals surface area contributed by atoms with E-state index in [1.165, 1.54) is 16.8 Å². The van der Waals surface area contributed by atoms with Gasteiger partial charge >= 0.3 is 5.97 Å². The molecular weight excluding hydrogens is 339 g/mol. The summed E-state index contributed by atoms with van der Waals surface area (Å²) in [4.78, 5) is 16.4. The van der Waals surface area contributed by atoms with Crippen molar-refractivity contribution in [3.63, 3.8) is 0 Å². The minimum absolute atomic E-state index is 0.0685. The normalized spacial score (nSPS) is 11.9. The molecule has 0 saturated carbocycles. The summed E-state index contributed by atoms with van der Waals surface area (Å²) in [5.74, 6) is -0.611. The highest BCUT2D eigenvalue weighted by atomic mass is 35.5. The van der Waals surface area contributed by atoms with E-state index in [0.29, 0.717) is 27.0 Å². The van der Waals surface area contributed by atoms with Crippen LogP contribution in [0.1, 0.15) is 16.8 Å². The first kappa shape index (κ1) is 17.1. The molecule has 1 heterocycles. The fraction of sp³-hybridized carbons (Fsp3) is 0.133. The molecule has 2 rings (SSSR count). The van der Waals surface area contributed by atoms with E-state index in [-0.39, 0.29) is 5.84 Å². The monoisotopic (exact) mass is 352 g/mol. The molecule has 1 aromatic heterocycles. The van der Waals surface area contributed by atoms with Gasteiger partial charge in [0.2, 0.25) is 0 Å². The summed E-state index contributed by atoms with van der Waals surface area (Å²) in [6, 6.07) is 6.66. The lowest BCUT2D eigenvalue weighted by atomic mass is 10.2. The molecule has 2 N–H and O–H groups in total. The maximum Gasteiger partial charge on any atom is 0.358 e. The number of benzene rings is 1. The second-order valence-electron chi connectivity index (χ2n) is 4.64. The summed E-state index contributed by atoms with van der Waals surface area (Å²) in [5, 5.41) is 8.72. The van der Waals surface area contributed by atoms with Crippen LogP contribution in [0.3, 0.4) is 0 Å². The van der Waals surface area contributed by atoms with Gasteiger partial charge in [-0.05, 0) is 37.3 Å². The van der Waals surface area contributed by atoms with Crippen molar-refractivity contribution in [1.29, 1.82) is 0 Å². The predicted molar refractivity (Wildman–Crippen MR) is 90.3 cm³/mol. The van der Waals surface area contributed by atoms with Crippen LogP contribution in [0.25, 0.3) is 6.08 Å². The van der Waals surface area contributed by atoms with Gasteiger partial charge in [0, 0.05) is 29.3 Å². The third-order valence-electron chi connectivity index (χ3n) is 2.96. The molecule has 0 atom stereocenters. The molecule has 0 radical (unpaired) electrons. The average molecular weight is 353 g/mol. The quantitative estimate of drug-likeness (QED) is 0.301. The molecule has 0 fully saturated rings. The summed E-state index contributed by atoms with van der Waals surface area (Å²) in [5.41, 5.74) is 7.66. The van der Waals surface area contributed by atoms with E-state index in [9.17, 15) is 4.79 Å². The lowest BCUT2D eigenvalue weighted by Gasteiger charge is -1.99. The number of carbonyl (C=O) groups is 1. The van der Waals surface area contributed by atoms with Crippen molar-refractivity contribution >= 4 is 41.1 Å². The standard InChI is InChI=1S/C15H14Cl2N4O2/c1-9-12(14(17)21(2)19-9)7-8-13(22)23-20-15(18)10-3-5-11(16)6-4-10/h3-8H,1-2H3,(H2,18,20). The van der Waals surface area contributed by atoms with Gasteiger partial charge in [0.05, 0.1) is 5.69 Å². The van der Waals surface area contributed by atoms with Gasteiger partial charge in [-0.15, -0.1) is 0 Å². The first-order valence-electron chi connectivity index (χ1n) is 6.56. The summed E-state index contributed by atoms with van der Waals surface area (Å²) < 4.78 is 1.51. The molecule has 8 heteroatoms. The molecule has 0 unspecified atom stereocenters. The Kier molecular flexibility index (Phi) is 5.41. The van der Waals surface area contributed by atoms with Crippen molar-refractivity contribution in [2.45, 2.75) is 6.92 Å². The topological polar surface area (TPSA) is 82.5 Å². The SMILES string of the molecule is Cc1nn(C)c(Cl)c1C=CC(=O)ON=C(N)c1ccc(Cl)cc1. The van der Waals surface area contributed by atoms with Gasteiger partial charge in [0.25, 0.3) is 0 Å². The van der Waals surface area contributed by atoms with Gasteiger partial charge in [-0.2, -0.15) is 5.10 Å². The third kappa shape index (κ3) is 4.34. The molecular formula is C15H14Cl2N4O2. The summed E-state index contributed by atoms with van der Waals surface area (Å²) >= 11 is 11.8. The second kappa shape index (κ2) is 7.30. The molecule has 23 heavy (non-hydrogen) atoms. The summed E-state index contributed by atoms with van der Waals surface area (Å²) in [6.45, 7) is 1.79. The van der Waals surface area contributed by atoms with Gasteiger partial charge in [-0.25, -0.2) is 4.79 Å². The molecule has 0 aliphatic heterocycles. The molecule has 0 saturated heterocycles. The third-order valence-corrected chi connectivity index (χ3v) is 3.66. The maximum absolute atomic E-state index is 11.7. The molecule has 6 nitrogen and oxygen atoms in total. The molecule has 0 amide bonds. The zero-order valence-electron chi connectivity index (χ0n) is 12.5. The molecule has 0 aliphatic carbocycles. The Labute approximate surface area is 143 Å². The number of oxime groups is 1. The van der Waals surface area contributed by atoms with Crippen molar-refractivity contribution < 1.29 is 9.63 Å². The number of aryl methyl sites for hydroxylation is 2. The maximum atomic E-state index is 11.7. The van der Waals surface area contributed by atoms with Gasteiger partial charge in [0.15, 0.2) is 5.84 Å². The number of nitrogens with two attached hydrogens (primary N) is 1. The Bertz CT molecular complexity index is 780. The highest BCUT2D eigenvalue weighted by Crippen LogP contribution is 2.19. The fourth-order valence-corrected chi connectivity index (χ4v) is 2.15. The van der Waals surface area contributed by atoms with Crippen LogP contribution in [0.15, 0.2) is 35.5 Å². The van der Waals surface area contributed by atoms with Crippen LogP contribution < -0.4 is 5.73 Å². The van der Waals surface area contributed by atoms with Crippen molar-refractivity contribution in [3.05, 3.63) is 57.3 Å². The lowest BCUT2D eigenvalue weighted by Crippen LogP contribution is -2.14. The van der Waals surface area contributed by atoms with Gasteiger partial charge in [-0.1, -0.05) is 28.4 Å². The Hall–Kier alpha value is -2.31. The molecule has 0 bridgehead atoms. The largest absolute Gasteiger partial charge is 0.380 e. The lowest BCUT2D eigenvalue weighted by molar-refractivity contribution is -0.137. The molecule has 2 aromatic rings. The number of amidine groups is 1. The van der Waals surface area contributed by atoms with Crippen molar-refractivity contribution in [1.82, 2.24) is 9.78 Å². The van der Waals surface area contributed by atoms with Gasteiger partial charge in [0.1, 0.15) is 5.15 Å². The zero-order chi connectivity index (χ0) is 17.0. The van der Waals surface area contributed by atoms with Crippen LogP contribution in [0.2, 0.25) is 10.2 Å². The zero-order valence-corrected chi connectivity index (χ0v) is 14.0. The van der Waals surface area contributed by atoms with Gasteiger partial charge < -0.3 is 10.6 Å². The first-order chi connectivity index (χ1) is 10.9. The smallest absolute Gasteiger partial charge is 0.358 e. The number of halogens is 2. The van der Waals surface area contributed by atoms with E-state index < -0.39 is 5.97 Å². The number of aromatic nitrogens is 2. The highest BCUT2D eigenvalue weighted by molar-refractivity contribution is 6.31. The Morgan fingerprint density at radius 2 is 2.00 bits per heavy atom. The van der Waals surface area contributed by atoms with E-state index >= 15 is 0 Å².